The topological polar surface area (TPSA) is 62.1 Å². The van der Waals surface area contributed by atoms with Gasteiger partial charge >= 0.3 is 0 Å². The van der Waals surface area contributed by atoms with E-state index in [4.69, 9.17) is 9.73 Å². The van der Waals surface area contributed by atoms with Gasteiger partial charge in [-0.2, -0.15) is 0 Å². The lowest BCUT2D eigenvalue weighted by Crippen LogP contribution is -2.40. The number of amides is 1. The Morgan fingerprint density at radius 3 is 2.86 bits per heavy atom. The fourth-order valence-corrected chi connectivity index (χ4v) is 3.26. The molecule has 1 N–H and O–H groups in total. The molecule has 2 heterocycles. The molecule has 1 amide bonds. The number of nitrogens with one attached hydrogen (secondary N) is 1. The van der Waals surface area contributed by atoms with Gasteiger partial charge < -0.3 is 24.4 Å². The summed E-state index contributed by atoms with van der Waals surface area (Å²) in [5, 5.41) is 3.34. The van der Waals surface area contributed by atoms with Crippen molar-refractivity contribution in [2.45, 2.75) is 19.9 Å². The number of para-hydroxylation sites is 2. The van der Waals surface area contributed by atoms with Gasteiger partial charge in [0.15, 0.2) is 12.6 Å². The first-order valence-electron chi connectivity index (χ1n) is 9.72. The van der Waals surface area contributed by atoms with E-state index in [2.05, 4.69) is 27.8 Å². The second-order valence-corrected chi connectivity index (χ2v) is 6.86. The van der Waals surface area contributed by atoms with E-state index in [1.54, 1.807) is 4.90 Å². The molecule has 0 unspecified atom stereocenters. The lowest BCUT2D eigenvalue weighted by molar-refractivity contribution is -0.121. The minimum Gasteiger partial charge on any atom is -0.482 e. The molecule has 0 saturated heterocycles. The van der Waals surface area contributed by atoms with Crippen LogP contribution >= 0.6 is 0 Å². The van der Waals surface area contributed by atoms with Crippen molar-refractivity contribution in [1.82, 2.24) is 14.8 Å². The van der Waals surface area contributed by atoms with Gasteiger partial charge in [-0.3, -0.25) is 9.79 Å². The molecule has 1 aliphatic heterocycles. The maximum atomic E-state index is 12.2. The van der Waals surface area contributed by atoms with Crippen LogP contribution in [0.5, 0.6) is 5.75 Å². The Hall–Kier alpha value is -2.96. The molecule has 0 bridgehead atoms. The van der Waals surface area contributed by atoms with Crippen molar-refractivity contribution in [2.75, 3.05) is 38.2 Å². The van der Waals surface area contributed by atoms with Crippen LogP contribution in [-0.2, 0) is 18.4 Å². The van der Waals surface area contributed by atoms with Crippen LogP contribution in [0.1, 0.15) is 19.0 Å². The second-order valence-electron chi connectivity index (χ2n) is 6.86. The number of aromatic nitrogens is 1. The van der Waals surface area contributed by atoms with E-state index in [0.29, 0.717) is 13.1 Å². The van der Waals surface area contributed by atoms with Crippen LogP contribution in [0.2, 0.25) is 0 Å². The number of fused-ring (bicyclic) bond motifs is 1. The fraction of sp³-hybridized carbons (Fsp3) is 0.429. The number of carbonyl (C=O) groups is 1. The normalized spacial score (nSPS) is 13.9. The highest BCUT2D eigenvalue weighted by Gasteiger charge is 2.24. The third kappa shape index (κ3) is 4.65. The first-order chi connectivity index (χ1) is 13.6. The van der Waals surface area contributed by atoms with Gasteiger partial charge in [-0.25, -0.2) is 0 Å². The van der Waals surface area contributed by atoms with Crippen molar-refractivity contribution in [3.8, 4) is 5.75 Å². The number of carbonyl (C=O) groups excluding carboxylic acids is 1. The van der Waals surface area contributed by atoms with Crippen molar-refractivity contribution < 1.29 is 9.53 Å². The summed E-state index contributed by atoms with van der Waals surface area (Å²) in [6.45, 7) is 5.03. The number of rotatable bonds is 7. The summed E-state index contributed by atoms with van der Waals surface area (Å²) < 4.78 is 7.61. The molecule has 7 nitrogen and oxygen atoms in total. The molecule has 0 radical (unpaired) electrons. The smallest absolute Gasteiger partial charge is 0.265 e. The lowest BCUT2D eigenvalue weighted by atomic mass is 10.2. The molecule has 3 rings (SSSR count). The number of hydrogen-bond donors (Lipinski definition) is 1. The van der Waals surface area contributed by atoms with Crippen molar-refractivity contribution in [1.29, 1.82) is 0 Å². The molecule has 7 heteroatoms. The molecule has 2 aromatic rings. The van der Waals surface area contributed by atoms with E-state index >= 15 is 0 Å². The highest BCUT2D eigenvalue weighted by Crippen LogP contribution is 2.31. The first-order valence-corrected chi connectivity index (χ1v) is 9.72. The van der Waals surface area contributed by atoms with Gasteiger partial charge in [-0.1, -0.05) is 12.1 Å². The van der Waals surface area contributed by atoms with Crippen molar-refractivity contribution in [2.24, 2.45) is 12.0 Å². The van der Waals surface area contributed by atoms with Gasteiger partial charge in [0.25, 0.3) is 5.91 Å². The summed E-state index contributed by atoms with van der Waals surface area (Å²) >= 11 is 0. The number of aliphatic imine (C=N–C) groups is 1. The zero-order chi connectivity index (χ0) is 19.9. The molecule has 0 aliphatic carbocycles. The third-order valence-electron chi connectivity index (χ3n) is 4.76. The average molecular weight is 383 g/mol. The standard InChI is InChI=1S/C21H29N5O2/c1-4-22-21(25(3)15-17-9-7-13-24(17)2)23-12-8-14-26-18-10-5-6-11-19(18)28-16-20(26)27/h5-7,9-11,13H,4,8,12,14-16H2,1-3H3,(H,22,23). The van der Waals surface area contributed by atoms with Crippen LogP contribution in [0.4, 0.5) is 5.69 Å². The van der Waals surface area contributed by atoms with E-state index in [-0.39, 0.29) is 12.5 Å². The van der Waals surface area contributed by atoms with Gasteiger partial charge in [0.2, 0.25) is 0 Å². The van der Waals surface area contributed by atoms with Crippen LogP contribution in [0, 0.1) is 0 Å². The summed E-state index contributed by atoms with van der Waals surface area (Å²) in [4.78, 5) is 20.9. The van der Waals surface area contributed by atoms with Crippen LogP contribution in [-0.4, -0.2) is 54.6 Å². The minimum absolute atomic E-state index is 0.00425. The molecule has 150 valence electrons. The summed E-state index contributed by atoms with van der Waals surface area (Å²) in [5.41, 5.74) is 2.07. The zero-order valence-electron chi connectivity index (χ0n) is 16.9. The van der Waals surface area contributed by atoms with Crippen molar-refractivity contribution >= 4 is 17.6 Å². The Bertz CT molecular complexity index is 830. The van der Waals surface area contributed by atoms with Crippen molar-refractivity contribution in [3.63, 3.8) is 0 Å². The fourth-order valence-electron chi connectivity index (χ4n) is 3.26. The molecule has 1 aromatic heterocycles. The Morgan fingerprint density at radius 1 is 1.29 bits per heavy atom. The summed E-state index contributed by atoms with van der Waals surface area (Å²) in [5.74, 6) is 1.63. The molecule has 28 heavy (non-hydrogen) atoms. The van der Waals surface area contributed by atoms with Gasteiger partial charge in [0.05, 0.1) is 12.2 Å². The van der Waals surface area contributed by atoms with Crippen LogP contribution < -0.4 is 15.0 Å². The summed E-state index contributed by atoms with van der Waals surface area (Å²) in [6, 6.07) is 11.8. The van der Waals surface area contributed by atoms with Crippen LogP contribution in [0.25, 0.3) is 0 Å². The quantitative estimate of drug-likeness (QED) is 0.453. The number of anilines is 1. The van der Waals surface area contributed by atoms with Gasteiger partial charge in [-0.15, -0.1) is 0 Å². The molecule has 1 aromatic carbocycles. The van der Waals surface area contributed by atoms with E-state index < -0.39 is 0 Å². The molecule has 0 fully saturated rings. The Morgan fingerprint density at radius 2 is 2.11 bits per heavy atom. The Balaban J connectivity index is 1.58. The average Bonchev–Trinajstić information content (AvgIpc) is 3.10. The Labute approximate surface area is 166 Å². The monoisotopic (exact) mass is 383 g/mol. The number of nitrogens with zero attached hydrogens (tertiary/aromatic N) is 4. The summed E-state index contributed by atoms with van der Waals surface area (Å²) in [7, 11) is 4.08. The molecule has 0 saturated carbocycles. The molecular formula is C21H29N5O2. The van der Waals surface area contributed by atoms with E-state index in [9.17, 15) is 4.79 Å². The molecular weight excluding hydrogens is 354 g/mol. The highest BCUT2D eigenvalue weighted by molar-refractivity contribution is 5.97. The lowest BCUT2D eigenvalue weighted by Gasteiger charge is -2.29. The number of hydrogen-bond acceptors (Lipinski definition) is 3. The van der Waals surface area contributed by atoms with Crippen LogP contribution in [0.3, 0.4) is 0 Å². The first kappa shape index (κ1) is 19.8. The molecule has 1 aliphatic rings. The minimum atomic E-state index is -0.00425. The van der Waals surface area contributed by atoms with Gasteiger partial charge in [0, 0.05) is 45.6 Å². The molecule has 0 atom stereocenters. The largest absolute Gasteiger partial charge is 0.482 e. The predicted molar refractivity (Wildman–Crippen MR) is 112 cm³/mol. The zero-order valence-corrected chi connectivity index (χ0v) is 16.9. The van der Waals surface area contributed by atoms with E-state index in [1.165, 1.54) is 5.69 Å². The van der Waals surface area contributed by atoms with Gasteiger partial charge in [-0.05, 0) is 37.6 Å². The predicted octanol–water partition coefficient (Wildman–Crippen LogP) is 2.24. The highest BCUT2D eigenvalue weighted by atomic mass is 16.5. The second kappa shape index (κ2) is 9.30. The molecule has 0 spiro atoms. The Kier molecular flexibility index (Phi) is 6.57. The number of ether oxygens (including phenoxy) is 1. The number of benzene rings is 1. The SMILES string of the molecule is CCNC(=NCCCN1C(=O)COc2ccccc21)N(C)Cc1cccn1C. The maximum absolute atomic E-state index is 12.2. The van der Waals surface area contributed by atoms with Gasteiger partial charge in [0.1, 0.15) is 5.75 Å². The summed E-state index contributed by atoms with van der Waals surface area (Å²) in [6.07, 6.45) is 2.83. The number of guanidine groups is 1. The third-order valence-corrected chi connectivity index (χ3v) is 4.76. The number of aryl methyl sites for hydroxylation is 1. The van der Waals surface area contributed by atoms with Crippen molar-refractivity contribution in [3.05, 3.63) is 48.3 Å². The van der Waals surface area contributed by atoms with E-state index in [1.807, 2.05) is 50.6 Å². The van der Waals surface area contributed by atoms with Crippen LogP contribution in [0.15, 0.2) is 47.6 Å². The maximum Gasteiger partial charge on any atom is 0.265 e. The van der Waals surface area contributed by atoms with E-state index in [0.717, 1.165) is 36.9 Å².